The SMILES string of the molecule is c1nc2cc(N(c3ccc4scnc4c3)c3ccc4scnc4c3)ccc2s1. The number of hydrogen-bond donors (Lipinski definition) is 0. The molecule has 0 fully saturated rings. The molecule has 0 aliphatic rings. The summed E-state index contributed by atoms with van der Waals surface area (Å²) in [6.07, 6.45) is 0. The van der Waals surface area contributed by atoms with Crippen LogP contribution in [0.4, 0.5) is 17.1 Å². The van der Waals surface area contributed by atoms with Gasteiger partial charge in [-0.1, -0.05) is 0 Å². The number of anilines is 3. The molecule has 0 bridgehead atoms. The van der Waals surface area contributed by atoms with E-state index in [1.165, 1.54) is 14.1 Å². The molecule has 3 aromatic heterocycles. The van der Waals surface area contributed by atoms with E-state index in [0.717, 1.165) is 33.6 Å². The van der Waals surface area contributed by atoms with Crippen LogP contribution in [0, 0.1) is 0 Å². The van der Waals surface area contributed by atoms with Crippen LogP contribution in [0.3, 0.4) is 0 Å². The van der Waals surface area contributed by atoms with Gasteiger partial charge in [-0.25, -0.2) is 15.0 Å². The van der Waals surface area contributed by atoms with Crippen molar-refractivity contribution in [3.63, 3.8) is 0 Å². The molecule has 28 heavy (non-hydrogen) atoms. The van der Waals surface area contributed by atoms with Crippen molar-refractivity contribution in [3.05, 3.63) is 71.1 Å². The number of rotatable bonds is 3. The van der Waals surface area contributed by atoms with Gasteiger partial charge in [-0.3, -0.25) is 0 Å². The summed E-state index contributed by atoms with van der Waals surface area (Å²) in [5.74, 6) is 0. The Morgan fingerprint density at radius 2 is 0.857 bits per heavy atom. The summed E-state index contributed by atoms with van der Waals surface area (Å²) in [6.45, 7) is 0. The van der Waals surface area contributed by atoms with Crippen molar-refractivity contribution < 1.29 is 0 Å². The zero-order valence-electron chi connectivity index (χ0n) is 14.4. The number of benzene rings is 3. The van der Waals surface area contributed by atoms with Crippen LogP contribution in [0.2, 0.25) is 0 Å². The maximum absolute atomic E-state index is 4.50. The standard InChI is InChI=1S/C21H12N4S3/c1-4-19-16(22-10-26-19)7-13(1)25(14-2-5-20-17(8-14)23-11-27-20)15-3-6-21-18(9-15)24-12-28-21/h1-12H. The Morgan fingerprint density at radius 3 is 1.21 bits per heavy atom. The molecule has 0 aliphatic heterocycles. The van der Waals surface area contributed by atoms with Gasteiger partial charge >= 0.3 is 0 Å². The van der Waals surface area contributed by atoms with E-state index in [1.807, 2.05) is 16.5 Å². The summed E-state index contributed by atoms with van der Waals surface area (Å²) in [6, 6.07) is 19.3. The molecule has 0 radical (unpaired) electrons. The number of nitrogens with zero attached hydrogens (tertiary/aromatic N) is 4. The van der Waals surface area contributed by atoms with E-state index in [-0.39, 0.29) is 0 Å². The molecule has 0 N–H and O–H groups in total. The highest BCUT2D eigenvalue weighted by Gasteiger charge is 2.15. The van der Waals surface area contributed by atoms with Crippen molar-refractivity contribution in [1.82, 2.24) is 15.0 Å². The van der Waals surface area contributed by atoms with Gasteiger partial charge in [-0.15, -0.1) is 34.0 Å². The zero-order chi connectivity index (χ0) is 18.5. The second-order valence-corrected chi connectivity index (χ2v) is 9.01. The van der Waals surface area contributed by atoms with Crippen LogP contribution < -0.4 is 4.90 Å². The van der Waals surface area contributed by atoms with Crippen LogP contribution >= 0.6 is 34.0 Å². The van der Waals surface area contributed by atoms with Crippen molar-refractivity contribution in [1.29, 1.82) is 0 Å². The summed E-state index contributed by atoms with van der Waals surface area (Å²) < 4.78 is 3.57. The summed E-state index contributed by atoms with van der Waals surface area (Å²) in [4.78, 5) is 15.8. The van der Waals surface area contributed by atoms with Crippen LogP contribution in [0.1, 0.15) is 0 Å². The Kier molecular flexibility index (Phi) is 3.65. The smallest absolute Gasteiger partial charge is 0.0832 e. The normalized spacial score (nSPS) is 11.6. The highest BCUT2D eigenvalue weighted by atomic mass is 32.1. The fraction of sp³-hybridized carbons (Fsp3) is 0. The molecule has 0 atom stereocenters. The Labute approximate surface area is 172 Å². The van der Waals surface area contributed by atoms with Gasteiger partial charge in [-0.05, 0) is 54.6 Å². The van der Waals surface area contributed by atoms with Gasteiger partial charge in [0.15, 0.2) is 0 Å². The van der Waals surface area contributed by atoms with Crippen molar-refractivity contribution in [2.45, 2.75) is 0 Å². The molecule has 7 heteroatoms. The second-order valence-electron chi connectivity index (χ2n) is 6.35. The number of thiazole rings is 3. The maximum atomic E-state index is 4.50. The van der Waals surface area contributed by atoms with E-state index in [1.54, 1.807) is 34.0 Å². The largest absolute Gasteiger partial charge is 0.310 e. The van der Waals surface area contributed by atoms with Crippen molar-refractivity contribution >= 4 is 81.7 Å². The van der Waals surface area contributed by atoms with Crippen molar-refractivity contribution in [2.75, 3.05) is 4.90 Å². The molecule has 134 valence electrons. The number of fused-ring (bicyclic) bond motifs is 3. The first-order valence-electron chi connectivity index (χ1n) is 8.65. The third-order valence-corrected chi connectivity index (χ3v) is 7.15. The predicted octanol–water partition coefficient (Wildman–Crippen LogP) is 6.99. The number of hydrogen-bond acceptors (Lipinski definition) is 7. The van der Waals surface area contributed by atoms with E-state index in [4.69, 9.17) is 0 Å². The lowest BCUT2D eigenvalue weighted by Gasteiger charge is -2.25. The van der Waals surface area contributed by atoms with E-state index in [9.17, 15) is 0 Å². The van der Waals surface area contributed by atoms with E-state index in [0.29, 0.717) is 0 Å². The highest BCUT2D eigenvalue weighted by molar-refractivity contribution is 7.17. The van der Waals surface area contributed by atoms with Crippen molar-refractivity contribution in [3.8, 4) is 0 Å². The van der Waals surface area contributed by atoms with Crippen LogP contribution in [-0.2, 0) is 0 Å². The molecule has 0 unspecified atom stereocenters. The minimum absolute atomic E-state index is 1.01. The third kappa shape index (κ3) is 2.59. The molecule has 3 heterocycles. The van der Waals surface area contributed by atoms with Gasteiger partial charge in [0.25, 0.3) is 0 Å². The quantitative estimate of drug-likeness (QED) is 0.312. The fourth-order valence-electron chi connectivity index (χ4n) is 3.40. The first-order chi connectivity index (χ1) is 13.8. The molecule has 0 spiro atoms. The van der Waals surface area contributed by atoms with E-state index < -0.39 is 0 Å². The van der Waals surface area contributed by atoms with Gasteiger partial charge in [0.1, 0.15) is 0 Å². The summed E-state index contributed by atoms with van der Waals surface area (Å²) in [7, 11) is 0. The van der Waals surface area contributed by atoms with Gasteiger partial charge < -0.3 is 4.90 Å². The molecule has 4 nitrogen and oxygen atoms in total. The molecular formula is C21H12N4S3. The second kappa shape index (κ2) is 6.34. The summed E-state index contributed by atoms with van der Waals surface area (Å²) in [5, 5.41) is 0. The Balaban J connectivity index is 1.59. The topological polar surface area (TPSA) is 41.9 Å². The lowest BCUT2D eigenvalue weighted by atomic mass is 10.1. The molecule has 0 aliphatic carbocycles. The number of aromatic nitrogens is 3. The lowest BCUT2D eigenvalue weighted by Crippen LogP contribution is -2.09. The average Bonchev–Trinajstić information content (AvgIpc) is 3.47. The van der Waals surface area contributed by atoms with Crippen molar-refractivity contribution in [2.24, 2.45) is 0 Å². The molecule has 6 rings (SSSR count). The summed E-state index contributed by atoms with van der Waals surface area (Å²) >= 11 is 4.98. The van der Waals surface area contributed by atoms with E-state index in [2.05, 4.69) is 74.4 Å². The zero-order valence-corrected chi connectivity index (χ0v) is 16.9. The predicted molar refractivity (Wildman–Crippen MR) is 121 cm³/mol. The van der Waals surface area contributed by atoms with E-state index >= 15 is 0 Å². The van der Waals surface area contributed by atoms with Gasteiger partial charge in [0.2, 0.25) is 0 Å². The third-order valence-electron chi connectivity index (χ3n) is 4.72. The fourth-order valence-corrected chi connectivity index (χ4v) is 5.38. The Bertz CT molecular complexity index is 1270. The Morgan fingerprint density at radius 1 is 0.500 bits per heavy atom. The van der Waals surface area contributed by atoms with Crippen LogP contribution in [0.5, 0.6) is 0 Å². The minimum atomic E-state index is 1.01. The highest BCUT2D eigenvalue weighted by Crippen LogP contribution is 2.39. The molecule has 0 saturated carbocycles. The van der Waals surface area contributed by atoms with Gasteiger partial charge in [-0.2, -0.15) is 0 Å². The molecule has 3 aromatic carbocycles. The van der Waals surface area contributed by atoms with Gasteiger partial charge in [0.05, 0.1) is 47.2 Å². The maximum Gasteiger partial charge on any atom is 0.0832 e. The molecular weight excluding hydrogens is 404 g/mol. The lowest BCUT2D eigenvalue weighted by molar-refractivity contribution is 1.29. The van der Waals surface area contributed by atoms with Crippen LogP contribution in [-0.4, -0.2) is 15.0 Å². The molecule has 6 aromatic rings. The first-order valence-corrected chi connectivity index (χ1v) is 11.3. The Hall–Kier alpha value is -2.87. The first kappa shape index (κ1) is 16.1. The average molecular weight is 417 g/mol. The monoisotopic (exact) mass is 416 g/mol. The minimum Gasteiger partial charge on any atom is -0.310 e. The molecule has 0 saturated heterocycles. The van der Waals surface area contributed by atoms with Gasteiger partial charge in [0, 0.05) is 17.1 Å². The summed E-state index contributed by atoms with van der Waals surface area (Å²) in [5.41, 5.74) is 11.9. The molecule has 0 amide bonds. The van der Waals surface area contributed by atoms with Crippen LogP contribution in [0.15, 0.2) is 71.1 Å². The van der Waals surface area contributed by atoms with Crippen LogP contribution in [0.25, 0.3) is 30.6 Å².